The number of aromatic nitrogens is 2. The summed E-state index contributed by atoms with van der Waals surface area (Å²) in [6.07, 6.45) is 2.04. The number of ether oxygens (including phenoxy) is 1. The Bertz CT molecular complexity index is 519. The van der Waals surface area contributed by atoms with Gasteiger partial charge in [0.05, 0.1) is 31.7 Å². The number of aliphatic hydroxyl groups excluding tert-OH is 1. The predicted molar refractivity (Wildman–Crippen MR) is 67.2 cm³/mol. The van der Waals surface area contributed by atoms with E-state index in [2.05, 4.69) is 15.3 Å². The second-order valence-electron chi connectivity index (χ2n) is 4.03. The van der Waals surface area contributed by atoms with Crippen molar-refractivity contribution in [3.8, 4) is 0 Å². The summed E-state index contributed by atoms with van der Waals surface area (Å²) >= 11 is 0. The van der Waals surface area contributed by atoms with Gasteiger partial charge in [-0.1, -0.05) is 0 Å². The summed E-state index contributed by atoms with van der Waals surface area (Å²) in [5, 5.41) is 11.8. The van der Waals surface area contributed by atoms with Gasteiger partial charge in [0.1, 0.15) is 4.90 Å². The lowest BCUT2D eigenvalue weighted by Gasteiger charge is -2.30. The highest BCUT2D eigenvalue weighted by atomic mass is 32.2. The Morgan fingerprint density at radius 2 is 2.21 bits per heavy atom. The van der Waals surface area contributed by atoms with Crippen molar-refractivity contribution in [3.05, 3.63) is 12.4 Å². The number of nitrogens with zero attached hydrogens (tertiary/aromatic N) is 3. The third kappa shape index (κ3) is 3.00. The van der Waals surface area contributed by atoms with Crippen molar-refractivity contribution in [2.24, 2.45) is 0 Å². The molecule has 106 valence electrons. The van der Waals surface area contributed by atoms with Crippen LogP contribution in [0.1, 0.15) is 0 Å². The Kier molecular flexibility index (Phi) is 4.30. The Morgan fingerprint density at radius 1 is 1.53 bits per heavy atom. The number of aliphatic hydroxyl groups is 1. The van der Waals surface area contributed by atoms with E-state index >= 15 is 0 Å². The van der Waals surface area contributed by atoms with E-state index in [0.29, 0.717) is 5.95 Å². The second kappa shape index (κ2) is 5.78. The number of sulfonamides is 1. The SMILES string of the molecule is CNc1ncc(S(=O)(=O)N2CCOC(CO)C2)cn1. The molecule has 1 fully saturated rings. The molecule has 8 nitrogen and oxygen atoms in total. The first-order valence-electron chi connectivity index (χ1n) is 5.80. The maximum absolute atomic E-state index is 12.3. The molecule has 9 heteroatoms. The van der Waals surface area contributed by atoms with Crippen LogP contribution in [0.3, 0.4) is 0 Å². The molecule has 0 amide bonds. The molecule has 0 radical (unpaired) electrons. The van der Waals surface area contributed by atoms with Crippen molar-refractivity contribution in [1.29, 1.82) is 0 Å². The molecular formula is C10H16N4O4S. The quantitative estimate of drug-likeness (QED) is 0.724. The fraction of sp³-hybridized carbons (Fsp3) is 0.600. The molecule has 0 spiro atoms. The summed E-state index contributed by atoms with van der Waals surface area (Å²) in [7, 11) is -1.99. The minimum absolute atomic E-state index is 0.0325. The fourth-order valence-corrected chi connectivity index (χ4v) is 3.10. The minimum atomic E-state index is -3.64. The van der Waals surface area contributed by atoms with Crippen LogP contribution in [0.4, 0.5) is 5.95 Å². The summed E-state index contributed by atoms with van der Waals surface area (Å²) < 4.78 is 31.2. The average molecular weight is 288 g/mol. The van der Waals surface area contributed by atoms with E-state index in [-0.39, 0.29) is 31.2 Å². The van der Waals surface area contributed by atoms with Gasteiger partial charge in [0, 0.05) is 20.1 Å². The van der Waals surface area contributed by atoms with Crippen LogP contribution in [0.5, 0.6) is 0 Å². The van der Waals surface area contributed by atoms with Gasteiger partial charge in [0.25, 0.3) is 0 Å². The molecular weight excluding hydrogens is 272 g/mol. The highest BCUT2D eigenvalue weighted by molar-refractivity contribution is 7.89. The number of rotatable bonds is 4. The van der Waals surface area contributed by atoms with Crippen LogP contribution in [0.25, 0.3) is 0 Å². The van der Waals surface area contributed by atoms with Crippen LogP contribution < -0.4 is 5.32 Å². The van der Waals surface area contributed by atoms with E-state index in [9.17, 15) is 8.42 Å². The summed E-state index contributed by atoms with van der Waals surface area (Å²) in [6.45, 7) is 0.445. The number of anilines is 1. The maximum Gasteiger partial charge on any atom is 0.246 e. The van der Waals surface area contributed by atoms with Crippen molar-refractivity contribution in [1.82, 2.24) is 14.3 Å². The minimum Gasteiger partial charge on any atom is -0.394 e. The Morgan fingerprint density at radius 3 is 2.79 bits per heavy atom. The molecule has 1 aliphatic rings. The first-order chi connectivity index (χ1) is 9.07. The van der Waals surface area contributed by atoms with E-state index in [0.717, 1.165) is 0 Å². The van der Waals surface area contributed by atoms with Crippen LogP contribution in [0.15, 0.2) is 17.3 Å². The number of nitrogens with one attached hydrogen (secondary N) is 1. The number of hydrogen-bond acceptors (Lipinski definition) is 7. The Balaban J connectivity index is 2.20. The molecule has 1 atom stereocenters. The van der Waals surface area contributed by atoms with E-state index in [1.807, 2.05) is 0 Å². The van der Waals surface area contributed by atoms with E-state index < -0.39 is 16.1 Å². The molecule has 1 saturated heterocycles. The summed E-state index contributed by atoms with van der Waals surface area (Å²) in [5.74, 6) is 0.356. The van der Waals surface area contributed by atoms with Gasteiger partial charge in [-0.15, -0.1) is 0 Å². The highest BCUT2D eigenvalue weighted by Gasteiger charge is 2.30. The third-order valence-electron chi connectivity index (χ3n) is 2.79. The van der Waals surface area contributed by atoms with Gasteiger partial charge in [-0.2, -0.15) is 4.31 Å². The van der Waals surface area contributed by atoms with Crippen LogP contribution in [-0.4, -0.2) is 67.3 Å². The lowest BCUT2D eigenvalue weighted by Crippen LogP contribution is -2.46. The monoisotopic (exact) mass is 288 g/mol. The summed E-state index contributed by atoms with van der Waals surface area (Å²) in [5.41, 5.74) is 0. The van der Waals surface area contributed by atoms with Crippen LogP contribution >= 0.6 is 0 Å². The van der Waals surface area contributed by atoms with E-state index in [4.69, 9.17) is 9.84 Å². The standard InChI is InChI=1S/C10H16N4O4S/c1-11-10-12-4-9(5-13-10)19(16,17)14-2-3-18-8(6-14)7-15/h4-5,8,15H,2-3,6-7H2,1H3,(H,11,12,13). The third-order valence-corrected chi connectivity index (χ3v) is 4.61. The molecule has 0 aliphatic carbocycles. The van der Waals surface area contributed by atoms with Crippen LogP contribution in [0.2, 0.25) is 0 Å². The summed E-state index contributed by atoms with van der Waals surface area (Å²) in [6, 6.07) is 0. The van der Waals surface area contributed by atoms with Crippen molar-refractivity contribution in [3.63, 3.8) is 0 Å². The fourth-order valence-electron chi connectivity index (χ4n) is 1.75. The first-order valence-corrected chi connectivity index (χ1v) is 7.24. The largest absolute Gasteiger partial charge is 0.394 e. The smallest absolute Gasteiger partial charge is 0.246 e. The van der Waals surface area contributed by atoms with Gasteiger partial charge in [-0.25, -0.2) is 18.4 Å². The van der Waals surface area contributed by atoms with Gasteiger partial charge in [-0.05, 0) is 0 Å². The lowest BCUT2D eigenvalue weighted by atomic mass is 10.3. The molecule has 19 heavy (non-hydrogen) atoms. The van der Waals surface area contributed by atoms with Crippen molar-refractivity contribution >= 4 is 16.0 Å². The average Bonchev–Trinajstić information content (AvgIpc) is 2.47. The van der Waals surface area contributed by atoms with Gasteiger partial charge in [0.2, 0.25) is 16.0 Å². The molecule has 1 aliphatic heterocycles. The highest BCUT2D eigenvalue weighted by Crippen LogP contribution is 2.17. The molecule has 2 heterocycles. The second-order valence-corrected chi connectivity index (χ2v) is 5.97. The van der Waals surface area contributed by atoms with Crippen LogP contribution in [0, 0.1) is 0 Å². The van der Waals surface area contributed by atoms with Gasteiger partial charge >= 0.3 is 0 Å². The van der Waals surface area contributed by atoms with E-state index in [1.54, 1.807) is 7.05 Å². The molecule has 2 rings (SSSR count). The molecule has 0 aromatic carbocycles. The molecule has 2 N–H and O–H groups in total. The first kappa shape index (κ1) is 14.1. The normalized spacial score (nSPS) is 21.3. The van der Waals surface area contributed by atoms with Crippen molar-refractivity contribution in [2.45, 2.75) is 11.0 Å². The maximum atomic E-state index is 12.3. The molecule has 1 aromatic heterocycles. The van der Waals surface area contributed by atoms with E-state index in [1.165, 1.54) is 16.7 Å². The van der Waals surface area contributed by atoms with Gasteiger partial charge in [-0.3, -0.25) is 0 Å². The molecule has 0 saturated carbocycles. The lowest BCUT2D eigenvalue weighted by molar-refractivity contribution is -0.0304. The zero-order valence-corrected chi connectivity index (χ0v) is 11.3. The number of morpholine rings is 1. The van der Waals surface area contributed by atoms with Crippen LogP contribution in [-0.2, 0) is 14.8 Å². The van der Waals surface area contributed by atoms with Crippen molar-refractivity contribution < 1.29 is 18.3 Å². The van der Waals surface area contributed by atoms with Crippen molar-refractivity contribution in [2.75, 3.05) is 38.7 Å². The predicted octanol–water partition coefficient (Wildman–Crippen LogP) is -1.10. The topological polar surface area (TPSA) is 105 Å². The Labute approximate surface area is 111 Å². The zero-order valence-electron chi connectivity index (χ0n) is 10.5. The summed E-state index contributed by atoms with van der Waals surface area (Å²) in [4.78, 5) is 7.81. The Hall–Kier alpha value is -1.29. The zero-order chi connectivity index (χ0) is 13.9. The molecule has 0 bridgehead atoms. The molecule has 1 aromatic rings. The van der Waals surface area contributed by atoms with Gasteiger partial charge < -0.3 is 15.2 Å². The van der Waals surface area contributed by atoms with Gasteiger partial charge in [0.15, 0.2) is 0 Å². The number of hydrogen-bond donors (Lipinski definition) is 2. The molecule has 1 unspecified atom stereocenters.